The highest BCUT2D eigenvalue weighted by Crippen LogP contribution is 2.34. The molecule has 0 atom stereocenters. The highest BCUT2D eigenvalue weighted by atomic mass is 35.5. The molecule has 0 radical (unpaired) electrons. The molecular formula is C40H51Cl3N4O7S2. The molecule has 3 aromatic carbocycles. The first kappa shape index (κ1) is 45.4. The Hall–Kier alpha value is -3.33. The van der Waals surface area contributed by atoms with Crippen molar-refractivity contribution in [3.05, 3.63) is 92.2 Å². The highest BCUT2D eigenvalue weighted by molar-refractivity contribution is 7.90. The van der Waals surface area contributed by atoms with Crippen LogP contribution in [0.25, 0.3) is 5.69 Å². The predicted octanol–water partition coefficient (Wildman–Crippen LogP) is 10.9. The summed E-state index contributed by atoms with van der Waals surface area (Å²) in [4.78, 5) is 27.1. The fourth-order valence-electron chi connectivity index (χ4n) is 6.24. The molecule has 16 heteroatoms. The van der Waals surface area contributed by atoms with Gasteiger partial charge in [0.25, 0.3) is 5.56 Å². The van der Waals surface area contributed by atoms with Crippen molar-refractivity contribution in [2.45, 2.75) is 107 Å². The molecule has 4 aromatic rings. The van der Waals surface area contributed by atoms with Crippen LogP contribution >= 0.6 is 34.8 Å². The molecular weight excluding hydrogens is 819 g/mol. The fraction of sp³-hybridized carbons (Fsp3) is 0.450. The Labute approximate surface area is 345 Å². The molecule has 1 N–H and O–H groups in total. The van der Waals surface area contributed by atoms with E-state index in [4.69, 9.17) is 39.5 Å². The van der Waals surface area contributed by atoms with Crippen molar-refractivity contribution in [2.75, 3.05) is 25.2 Å². The normalized spacial score (nSPS) is 12.0. The second-order valence-electron chi connectivity index (χ2n) is 13.9. The molecule has 0 spiro atoms. The van der Waals surface area contributed by atoms with E-state index >= 15 is 0 Å². The van der Waals surface area contributed by atoms with E-state index < -0.39 is 31.5 Å². The van der Waals surface area contributed by atoms with Crippen LogP contribution < -0.4 is 15.6 Å². The summed E-state index contributed by atoms with van der Waals surface area (Å²) < 4.78 is 60.3. The van der Waals surface area contributed by atoms with Gasteiger partial charge in [0, 0.05) is 25.9 Å². The van der Waals surface area contributed by atoms with E-state index in [1.54, 1.807) is 18.2 Å². The molecule has 0 saturated heterocycles. The highest BCUT2D eigenvalue weighted by Gasteiger charge is 2.27. The first-order valence-electron chi connectivity index (χ1n) is 19.0. The Kier molecular flexibility index (Phi) is 17.4. The number of rotatable bonds is 22. The van der Waals surface area contributed by atoms with E-state index in [-0.39, 0.29) is 47.8 Å². The number of sulfone groups is 1. The largest absolute Gasteiger partial charge is 0.440 e. The van der Waals surface area contributed by atoms with Crippen LogP contribution in [-0.4, -0.2) is 56.4 Å². The lowest BCUT2D eigenvalue weighted by Gasteiger charge is -2.19. The smallest absolute Gasteiger partial charge is 0.409 e. The number of aromatic nitrogens is 2. The number of hydrogen-bond acceptors (Lipinski definition) is 8. The second kappa shape index (κ2) is 21.4. The van der Waals surface area contributed by atoms with Gasteiger partial charge in [0.05, 0.1) is 30.5 Å². The Morgan fingerprint density at radius 1 is 0.714 bits per heavy atom. The van der Waals surface area contributed by atoms with E-state index in [1.165, 1.54) is 106 Å². The van der Waals surface area contributed by atoms with E-state index in [2.05, 4.69) is 12.2 Å². The van der Waals surface area contributed by atoms with Crippen molar-refractivity contribution in [1.82, 2.24) is 13.7 Å². The summed E-state index contributed by atoms with van der Waals surface area (Å²) >= 11 is 19.5. The number of unbranched alkanes of at least 4 members (excludes halogenated alkanes) is 13. The number of benzene rings is 3. The van der Waals surface area contributed by atoms with Crippen molar-refractivity contribution < 1.29 is 26.4 Å². The zero-order valence-corrected chi connectivity index (χ0v) is 36.0. The van der Waals surface area contributed by atoms with Crippen LogP contribution in [0.2, 0.25) is 15.1 Å². The summed E-state index contributed by atoms with van der Waals surface area (Å²) in [6.45, 7) is 2.57. The molecule has 0 fully saturated rings. The quantitative estimate of drug-likeness (QED) is 0.0771. The van der Waals surface area contributed by atoms with E-state index in [9.17, 15) is 26.4 Å². The van der Waals surface area contributed by atoms with Crippen LogP contribution in [0.15, 0.2) is 81.3 Å². The molecule has 1 aromatic heterocycles. The van der Waals surface area contributed by atoms with Crippen LogP contribution in [0, 0.1) is 0 Å². The summed E-state index contributed by atoms with van der Waals surface area (Å²) in [5, 5.41) is 2.51. The third-order valence-electron chi connectivity index (χ3n) is 9.38. The minimum absolute atomic E-state index is 0.0556. The van der Waals surface area contributed by atoms with Gasteiger partial charge in [-0.3, -0.25) is 4.79 Å². The lowest BCUT2D eigenvalue weighted by molar-refractivity contribution is 0.197. The molecule has 0 unspecified atom stereocenters. The Balaban J connectivity index is 1.48. The first-order valence-corrected chi connectivity index (χ1v) is 23.5. The van der Waals surface area contributed by atoms with Crippen LogP contribution in [0.4, 0.5) is 16.3 Å². The SMILES string of the molecule is CCCCCCCCCCCCCCCCN(C)S(=O)(=O)c1ccc(Cl)c(Nc2cc(=O)n(-c3c(Cl)cc(S(C)(=O)=O)cc3Cl)n2C(=O)Oc2ccccc2)c1. The maximum absolute atomic E-state index is 13.8. The lowest BCUT2D eigenvalue weighted by Crippen LogP contribution is -2.30. The van der Waals surface area contributed by atoms with Crippen LogP contribution in [0.3, 0.4) is 0 Å². The average molecular weight is 870 g/mol. The van der Waals surface area contributed by atoms with Gasteiger partial charge in [-0.2, -0.15) is 4.68 Å². The minimum atomic E-state index is -3.94. The number of ether oxygens (including phenoxy) is 1. The van der Waals surface area contributed by atoms with Crippen LogP contribution in [0.5, 0.6) is 5.75 Å². The molecule has 56 heavy (non-hydrogen) atoms. The molecule has 0 aliphatic heterocycles. The summed E-state index contributed by atoms with van der Waals surface area (Å²) in [5.41, 5.74) is -0.932. The van der Waals surface area contributed by atoms with Crippen molar-refractivity contribution in [2.24, 2.45) is 0 Å². The first-order chi connectivity index (χ1) is 26.6. The number of nitrogens with zero attached hydrogens (tertiary/aromatic N) is 3. The molecule has 4 rings (SSSR count). The third-order valence-corrected chi connectivity index (χ3v) is 13.2. The number of para-hydroxylation sites is 1. The Morgan fingerprint density at radius 3 is 1.79 bits per heavy atom. The zero-order chi connectivity index (χ0) is 40.9. The molecule has 1 heterocycles. The lowest BCUT2D eigenvalue weighted by atomic mass is 10.0. The maximum Gasteiger partial charge on any atom is 0.440 e. The topological polar surface area (TPSA) is 137 Å². The van der Waals surface area contributed by atoms with E-state index in [1.807, 2.05) is 0 Å². The van der Waals surface area contributed by atoms with Gasteiger partial charge in [0.15, 0.2) is 9.84 Å². The van der Waals surface area contributed by atoms with Gasteiger partial charge >= 0.3 is 6.09 Å². The van der Waals surface area contributed by atoms with Gasteiger partial charge in [-0.1, -0.05) is 143 Å². The van der Waals surface area contributed by atoms with E-state index in [0.29, 0.717) is 13.0 Å². The summed E-state index contributed by atoms with van der Waals surface area (Å²) in [5.74, 6) is -0.0313. The van der Waals surface area contributed by atoms with Gasteiger partial charge in [0.1, 0.15) is 17.3 Å². The number of halogens is 3. The van der Waals surface area contributed by atoms with Crippen molar-refractivity contribution in [3.8, 4) is 11.4 Å². The van der Waals surface area contributed by atoms with Crippen molar-refractivity contribution in [1.29, 1.82) is 0 Å². The molecule has 0 aliphatic carbocycles. The maximum atomic E-state index is 13.8. The number of anilines is 2. The molecule has 0 amide bonds. The third kappa shape index (κ3) is 12.6. The van der Waals surface area contributed by atoms with Crippen LogP contribution in [-0.2, 0) is 19.9 Å². The molecule has 306 valence electrons. The number of sulfonamides is 1. The zero-order valence-electron chi connectivity index (χ0n) is 32.1. The van der Waals surface area contributed by atoms with Gasteiger partial charge in [0.2, 0.25) is 10.0 Å². The molecule has 0 saturated carbocycles. The molecule has 0 bridgehead atoms. The van der Waals surface area contributed by atoms with E-state index in [0.717, 1.165) is 53.1 Å². The number of nitrogens with one attached hydrogen (secondary N) is 1. The monoisotopic (exact) mass is 868 g/mol. The van der Waals surface area contributed by atoms with Gasteiger partial charge in [-0.15, -0.1) is 0 Å². The standard InChI is InChI=1S/C40H51Cl3N4O7S2/c1-4-5-6-7-8-9-10-11-12-13-14-15-16-20-25-45(2)56(52,53)31-23-24-33(41)36(28-31)44-37-29-38(48)47(46(37)40(49)54-30-21-18-17-19-22-30)39-34(42)26-32(27-35(39)43)55(3,50)51/h17-19,21-24,26-29,44H,4-16,20,25H2,1-3H3. The Bertz CT molecular complexity index is 2190. The molecule has 11 nitrogen and oxygen atoms in total. The second-order valence-corrected chi connectivity index (χ2v) is 19.2. The van der Waals surface area contributed by atoms with Crippen molar-refractivity contribution >= 4 is 72.3 Å². The molecule has 0 aliphatic rings. The average Bonchev–Trinajstić information content (AvgIpc) is 3.46. The predicted molar refractivity (Wildman–Crippen MR) is 226 cm³/mol. The van der Waals surface area contributed by atoms with Crippen LogP contribution in [0.1, 0.15) is 96.8 Å². The van der Waals surface area contributed by atoms with Gasteiger partial charge in [-0.25, -0.2) is 30.6 Å². The summed E-state index contributed by atoms with van der Waals surface area (Å²) in [6, 6.07) is 15.4. The van der Waals surface area contributed by atoms with Gasteiger partial charge < -0.3 is 10.1 Å². The van der Waals surface area contributed by atoms with Crippen molar-refractivity contribution in [3.63, 3.8) is 0 Å². The summed E-state index contributed by atoms with van der Waals surface area (Å²) in [6.07, 6.45) is 16.7. The number of carbonyl (C=O) groups excluding carboxylic acids is 1. The minimum Gasteiger partial charge on any atom is -0.409 e. The number of hydrogen-bond donors (Lipinski definition) is 1. The number of carbonyl (C=O) groups is 1. The fourth-order valence-corrected chi connectivity index (χ4v) is 9.09. The van der Waals surface area contributed by atoms with Gasteiger partial charge in [-0.05, 0) is 48.9 Å². The summed E-state index contributed by atoms with van der Waals surface area (Å²) in [7, 11) is -6.15. The Morgan fingerprint density at radius 2 is 1.25 bits per heavy atom.